The second-order valence-corrected chi connectivity index (χ2v) is 4.16. The van der Waals surface area contributed by atoms with Gasteiger partial charge in [0.25, 0.3) is 0 Å². The number of aliphatic hydroxyl groups excluding tert-OH is 1. The standard InChI is InChI=1S/C12H20O2/c1-9(2)14-12(8-13)11-6-4-5-10(3)7-11/h4-6,9-10,12-13H,7-8H2,1-3H3/t10?,12-/m1/s1. The van der Waals surface area contributed by atoms with Gasteiger partial charge in [0.15, 0.2) is 0 Å². The molecule has 0 heterocycles. The van der Waals surface area contributed by atoms with Crippen LogP contribution < -0.4 is 0 Å². The highest BCUT2D eigenvalue weighted by Crippen LogP contribution is 2.22. The summed E-state index contributed by atoms with van der Waals surface area (Å²) in [5.74, 6) is 0.555. The summed E-state index contributed by atoms with van der Waals surface area (Å²) in [6.07, 6.45) is 7.32. The second-order valence-electron chi connectivity index (χ2n) is 4.16. The van der Waals surface area contributed by atoms with E-state index in [1.54, 1.807) is 0 Å². The van der Waals surface area contributed by atoms with Crippen LogP contribution in [0.5, 0.6) is 0 Å². The Kier molecular flexibility index (Phi) is 4.36. The summed E-state index contributed by atoms with van der Waals surface area (Å²) < 4.78 is 5.64. The lowest BCUT2D eigenvalue weighted by molar-refractivity contribution is -0.00460. The molecule has 14 heavy (non-hydrogen) atoms. The molecule has 0 saturated heterocycles. The van der Waals surface area contributed by atoms with Gasteiger partial charge in [-0.15, -0.1) is 0 Å². The quantitative estimate of drug-likeness (QED) is 0.747. The van der Waals surface area contributed by atoms with Gasteiger partial charge in [-0.25, -0.2) is 0 Å². The van der Waals surface area contributed by atoms with E-state index < -0.39 is 0 Å². The third-order valence-corrected chi connectivity index (χ3v) is 2.32. The minimum absolute atomic E-state index is 0.0740. The van der Waals surface area contributed by atoms with Gasteiger partial charge in [-0.3, -0.25) is 0 Å². The van der Waals surface area contributed by atoms with Gasteiger partial charge >= 0.3 is 0 Å². The first kappa shape index (κ1) is 11.5. The first-order valence-corrected chi connectivity index (χ1v) is 5.27. The van der Waals surface area contributed by atoms with Gasteiger partial charge in [-0.1, -0.05) is 25.2 Å². The lowest BCUT2D eigenvalue weighted by Gasteiger charge is -2.24. The summed E-state index contributed by atoms with van der Waals surface area (Å²) in [7, 11) is 0. The van der Waals surface area contributed by atoms with Gasteiger partial charge in [0.05, 0.1) is 12.7 Å². The minimum Gasteiger partial charge on any atom is -0.393 e. The van der Waals surface area contributed by atoms with E-state index in [-0.39, 0.29) is 18.8 Å². The maximum atomic E-state index is 9.22. The molecule has 80 valence electrons. The molecule has 0 amide bonds. The van der Waals surface area contributed by atoms with Gasteiger partial charge < -0.3 is 9.84 Å². The van der Waals surface area contributed by atoms with E-state index in [1.807, 2.05) is 13.8 Å². The van der Waals surface area contributed by atoms with Crippen LogP contribution in [-0.4, -0.2) is 23.9 Å². The first-order chi connectivity index (χ1) is 6.63. The Morgan fingerprint density at radius 1 is 1.57 bits per heavy atom. The summed E-state index contributed by atoms with van der Waals surface area (Å²) >= 11 is 0. The highest BCUT2D eigenvalue weighted by molar-refractivity contribution is 5.22. The molecular weight excluding hydrogens is 176 g/mol. The predicted octanol–water partition coefficient (Wildman–Crippen LogP) is 2.29. The molecule has 0 bridgehead atoms. The Morgan fingerprint density at radius 2 is 2.29 bits per heavy atom. The fourth-order valence-electron chi connectivity index (χ4n) is 1.69. The molecule has 0 aromatic heterocycles. The molecule has 0 aliphatic heterocycles. The molecule has 1 N–H and O–H groups in total. The van der Waals surface area contributed by atoms with Crippen LogP contribution in [-0.2, 0) is 4.74 Å². The van der Waals surface area contributed by atoms with Crippen molar-refractivity contribution in [2.75, 3.05) is 6.61 Å². The van der Waals surface area contributed by atoms with Crippen molar-refractivity contribution >= 4 is 0 Å². The van der Waals surface area contributed by atoms with Gasteiger partial charge in [0.2, 0.25) is 0 Å². The molecule has 1 unspecified atom stereocenters. The fourth-order valence-corrected chi connectivity index (χ4v) is 1.69. The predicted molar refractivity (Wildman–Crippen MR) is 58.1 cm³/mol. The van der Waals surface area contributed by atoms with E-state index in [0.29, 0.717) is 5.92 Å². The summed E-state index contributed by atoms with van der Waals surface area (Å²) in [4.78, 5) is 0. The molecule has 1 aliphatic rings. The molecule has 0 aromatic rings. The molecule has 0 spiro atoms. The van der Waals surface area contributed by atoms with Gasteiger partial charge in [-0.2, -0.15) is 0 Å². The number of hydrogen-bond donors (Lipinski definition) is 1. The summed E-state index contributed by atoms with van der Waals surface area (Å²) in [5, 5.41) is 9.22. The summed E-state index contributed by atoms with van der Waals surface area (Å²) in [5.41, 5.74) is 1.20. The average Bonchev–Trinajstić information content (AvgIpc) is 2.14. The Balaban J connectivity index is 2.60. The molecule has 0 saturated carbocycles. The number of ether oxygens (including phenoxy) is 1. The molecule has 2 heteroatoms. The number of aliphatic hydroxyl groups is 1. The van der Waals surface area contributed by atoms with Crippen molar-refractivity contribution in [3.63, 3.8) is 0 Å². The van der Waals surface area contributed by atoms with E-state index in [0.717, 1.165) is 6.42 Å². The third-order valence-electron chi connectivity index (χ3n) is 2.32. The maximum Gasteiger partial charge on any atom is 0.102 e. The highest BCUT2D eigenvalue weighted by atomic mass is 16.5. The number of hydrogen-bond acceptors (Lipinski definition) is 2. The van der Waals surface area contributed by atoms with Crippen molar-refractivity contribution in [1.29, 1.82) is 0 Å². The zero-order valence-corrected chi connectivity index (χ0v) is 9.23. The van der Waals surface area contributed by atoms with Gasteiger partial charge in [0.1, 0.15) is 6.10 Å². The summed E-state index contributed by atoms with van der Waals surface area (Å²) in [6, 6.07) is 0. The first-order valence-electron chi connectivity index (χ1n) is 5.27. The van der Waals surface area contributed by atoms with Crippen LogP contribution in [0.2, 0.25) is 0 Å². The van der Waals surface area contributed by atoms with Crippen molar-refractivity contribution in [1.82, 2.24) is 0 Å². The zero-order valence-electron chi connectivity index (χ0n) is 9.23. The Bertz CT molecular complexity index is 228. The number of allylic oxidation sites excluding steroid dienone is 3. The summed E-state index contributed by atoms with van der Waals surface area (Å²) in [6.45, 7) is 6.23. The van der Waals surface area contributed by atoms with E-state index in [1.165, 1.54) is 5.57 Å². The van der Waals surface area contributed by atoms with Crippen LogP contribution in [0.3, 0.4) is 0 Å². The average molecular weight is 196 g/mol. The fraction of sp³-hybridized carbons (Fsp3) is 0.667. The Hall–Kier alpha value is -0.600. The molecule has 0 aromatic carbocycles. The minimum atomic E-state index is -0.123. The molecule has 2 nitrogen and oxygen atoms in total. The Morgan fingerprint density at radius 3 is 2.79 bits per heavy atom. The Labute approximate surface area is 86.3 Å². The van der Waals surface area contributed by atoms with Gasteiger partial charge in [-0.05, 0) is 31.8 Å². The second kappa shape index (κ2) is 5.32. The van der Waals surface area contributed by atoms with Crippen LogP contribution in [0.15, 0.2) is 23.8 Å². The van der Waals surface area contributed by atoms with Crippen molar-refractivity contribution in [3.8, 4) is 0 Å². The normalized spacial score (nSPS) is 23.8. The largest absolute Gasteiger partial charge is 0.393 e. The molecule has 2 atom stereocenters. The zero-order chi connectivity index (χ0) is 10.6. The van der Waals surface area contributed by atoms with Crippen LogP contribution in [0.25, 0.3) is 0 Å². The topological polar surface area (TPSA) is 29.5 Å². The number of rotatable bonds is 4. The lowest BCUT2D eigenvalue weighted by Crippen LogP contribution is -2.25. The molecule has 0 radical (unpaired) electrons. The maximum absolute atomic E-state index is 9.22. The smallest absolute Gasteiger partial charge is 0.102 e. The van der Waals surface area contributed by atoms with E-state index in [4.69, 9.17) is 4.74 Å². The molecular formula is C12H20O2. The van der Waals surface area contributed by atoms with Crippen LogP contribution in [0, 0.1) is 5.92 Å². The van der Waals surface area contributed by atoms with Crippen LogP contribution in [0.1, 0.15) is 27.2 Å². The van der Waals surface area contributed by atoms with Crippen molar-refractivity contribution in [3.05, 3.63) is 23.8 Å². The molecule has 1 rings (SSSR count). The van der Waals surface area contributed by atoms with Crippen LogP contribution in [0.4, 0.5) is 0 Å². The van der Waals surface area contributed by atoms with E-state index >= 15 is 0 Å². The van der Waals surface area contributed by atoms with Crippen molar-refractivity contribution in [2.45, 2.75) is 39.4 Å². The lowest BCUT2D eigenvalue weighted by atomic mass is 9.92. The molecule has 1 aliphatic carbocycles. The van der Waals surface area contributed by atoms with Crippen LogP contribution >= 0.6 is 0 Å². The van der Waals surface area contributed by atoms with Crippen molar-refractivity contribution in [2.24, 2.45) is 5.92 Å². The SMILES string of the molecule is CC1C=CC=C([C@@H](CO)OC(C)C)C1. The van der Waals surface area contributed by atoms with Crippen molar-refractivity contribution < 1.29 is 9.84 Å². The highest BCUT2D eigenvalue weighted by Gasteiger charge is 2.18. The molecule has 0 fully saturated rings. The van der Waals surface area contributed by atoms with E-state index in [2.05, 4.69) is 25.2 Å². The third kappa shape index (κ3) is 3.28. The van der Waals surface area contributed by atoms with E-state index in [9.17, 15) is 5.11 Å². The van der Waals surface area contributed by atoms with Gasteiger partial charge in [0, 0.05) is 0 Å². The monoisotopic (exact) mass is 196 g/mol.